The Morgan fingerprint density at radius 2 is 1.56 bits per heavy atom. The van der Waals surface area contributed by atoms with Gasteiger partial charge in [-0.3, -0.25) is 9.59 Å². The van der Waals surface area contributed by atoms with Gasteiger partial charge in [-0.1, -0.05) is 44.8 Å². The minimum absolute atomic E-state index is 0.0229. The summed E-state index contributed by atoms with van der Waals surface area (Å²) in [6, 6.07) is 0. The predicted molar refractivity (Wildman–Crippen MR) is 167 cm³/mol. The third-order valence-electron chi connectivity index (χ3n) is 8.94. The van der Waals surface area contributed by atoms with Gasteiger partial charge < -0.3 is 30.2 Å². The molecule has 4 atom stereocenters. The van der Waals surface area contributed by atoms with Crippen molar-refractivity contribution in [2.24, 2.45) is 11.8 Å². The number of unbranched alkanes of at least 4 members (excludes halogenated alkanes) is 5. The van der Waals surface area contributed by atoms with Crippen molar-refractivity contribution in [3.63, 3.8) is 0 Å². The van der Waals surface area contributed by atoms with Gasteiger partial charge in [0.2, 0.25) is 5.91 Å². The molecule has 1 aliphatic heterocycles. The van der Waals surface area contributed by atoms with Crippen molar-refractivity contribution in [3.8, 4) is 0 Å². The second kappa shape index (κ2) is 22.4. The van der Waals surface area contributed by atoms with Crippen LogP contribution in [0.4, 0.5) is 0 Å². The van der Waals surface area contributed by atoms with Gasteiger partial charge in [0, 0.05) is 58.5 Å². The molecule has 2 rings (SSSR count). The summed E-state index contributed by atoms with van der Waals surface area (Å²) >= 11 is 0. The lowest BCUT2D eigenvalue weighted by atomic mass is 9.86. The topological polar surface area (TPSA) is 145 Å². The smallest absolute Gasteiger partial charge is 0.294 e. The summed E-state index contributed by atoms with van der Waals surface area (Å²) < 4.78 is 0. The largest absolute Gasteiger partial charge is 0.393 e. The van der Waals surface area contributed by atoms with Crippen LogP contribution in [0.1, 0.15) is 103 Å². The molecule has 0 radical (unpaired) electrons. The van der Waals surface area contributed by atoms with Gasteiger partial charge in [-0.15, -0.1) is 10.1 Å². The molecule has 2 aliphatic rings. The number of amides is 1. The summed E-state index contributed by atoms with van der Waals surface area (Å²) in [4.78, 5) is 43.8. The Hall–Kier alpha value is -2.08. The van der Waals surface area contributed by atoms with Crippen molar-refractivity contribution in [1.82, 2.24) is 15.1 Å². The number of hydrogen-bond acceptors (Lipinski definition) is 9. The number of rotatable bonds is 24. The van der Waals surface area contributed by atoms with E-state index in [1.54, 1.807) is 0 Å². The second-order valence-corrected chi connectivity index (χ2v) is 12.3. The van der Waals surface area contributed by atoms with Gasteiger partial charge in [0.1, 0.15) is 5.78 Å². The fraction of sp³-hybridized carbons (Fsp3) is 0.875. The van der Waals surface area contributed by atoms with E-state index in [1.165, 1.54) is 19.3 Å². The number of Topliss-reactive ketones (excluding diaryl/α,β-unsaturated/α-hetero) is 1. The highest BCUT2D eigenvalue weighted by Crippen LogP contribution is 2.38. The Bertz CT molecular complexity index is 820. The van der Waals surface area contributed by atoms with Crippen LogP contribution in [0.15, 0.2) is 12.2 Å². The van der Waals surface area contributed by atoms with E-state index in [-0.39, 0.29) is 30.1 Å². The first-order valence-corrected chi connectivity index (χ1v) is 16.8. The molecule has 0 bridgehead atoms. The van der Waals surface area contributed by atoms with Crippen molar-refractivity contribution in [3.05, 3.63) is 22.3 Å². The van der Waals surface area contributed by atoms with Crippen LogP contribution in [0, 0.1) is 22.0 Å². The SMILES string of the molecule is CCCCCCCC(=O)CC[C@@H]1[C@@H](CC=CCCCC(=O)NCCCN2CCN(CCCO[N+](=O)[O-])CC2)[C@@H](O)C[C@H]1O. The van der Waals surface area contributed by atoms with E-state index in [4.69, 9.17) is 0 Å². The van der Waals surface area contributed by atoms with Crippen molar-refractivity contribution in [1.29, 1.82) is 0 Å². The van der Waals surface area contributed by atoms with Crippen LogP contribution in [0.2, 0.25) is 0 Å². The molecule has 43 heavy (non-hydrogen) atoms. The van der Waals surface area contributed by atoms with E-state index < -0.39 is 17.3 Å². The van der Waals surface area contributed by atoms with Gasteiger partial charge >= 0.3 is 0 Å². The molecule has 1 aliphatic carbocycles. The first-order chi connectivity index (χ1) is 20.8. The monoisotopic (exact) mass is 610 g/mol. The number of carbonyl (C=O) groups is 2. The third kappa shape index (κ3) is 16.5. The van der Waals surface area contributed by atoms with Crippen LogP contribution in [0.5, 0.6) is 0 Å². The Morgan fingerprint density at radius 1 is 0.884 bits per heavy atom. The third-order valence-corrected chi connectivity index (χ3v) is 8.94. The maximum absolute atomic E-state index is 12.3. The summed E-state index contributed by atoms with van der Waals surface area (Å²) in [6.07, 6.45) is 15.1. The second-order valence-electron chi connectivity index (χ2n) is 12.3. The molecular formula is C32H58N4O7. The molecule has 0 spiro atoms. The maximum atomic E-state index is 12.3. The number of hydrogen-bond donors (Lipinski definition) is 3. The Labute approximate surface area is 258 Å². The number of piperazine rings is 1. The van der Waals surface area contributed by atoms with Crippen molar-refractivity contribution in [2.75, 3.05) is 52.4 Å². The number of ketones is 1. The van der Waals surface area contributed by atoms with Gasteiger partial charge in [0.25, 0.3) is 5.09 Å². The highest BCUT2D eigenvalue weighted by Gasteiger charge is 2.40. The Kier molecular flexibility index (Phi) is 19.4. The number of nitrogens with zero attached hydrogens (tertiary/aromatic N) is 3. The van der Waals surface area contributed by atoms with Gasteiger partial charge in [0.15, 0.2) is 0 Å². The molecule has 1 amide bonds. The maximum Gasteiger partial charge on any atom is 0.294 e. The van der Waals surface area contributed by atoms with Crippen LogP contribution in [0.25, 0.3) is 0 Å². The van der Waals surface area contributed by atoms with Crippen LogP contribution < -0.4 is 5.32 Å². The van der Waals surface area contributed by atoms with Crippen LogP contribution in [-0.2, 0) is 14.4 Å². The van der Waals surface area contributed by atoms with Crippen LogP contribution in [0.3, 0.4) is 0 Å². The molecule has 1 heterocycles. The fourth-order valence-electron chi connectivity index (χ4n) is 6.32. The molecule has 1 saturated heterocycles. The molecule has 0 unspecified atom stereocenters. The van der Waals surface area contributed by atoms with Crippen LogP contribution >= 0.6 is 0 Å². The highest BCUT2D eigenvalue weighted by atomic mass is 16.9. The molecule has 11 heteroatoms. The predicted octanol–water partition coefficient (Wildman–Crippen LogP) is 3.89. The first-order valence-electron chi connectivity index (χ1n) is 16.8. The molecule has 3 N–H and O–H groups in total. The number of aliphatic hydroxyl groups is 2. The first kappa shape index (κ1) is 37.1. The molecule has 0 aromatic rings. The number of nitrogens with one attached hydrogen (secondary N) is 1. The minimum Gasteiger partial charge on any atom is -0.393 e. The van der Waals surface area contributed by atoms with Crippen molar-refractivity contribution >= 4 is 11.7 Å². The normalized spacial score (nSPS) is 23.1. The van der Waals surface area contributed by atoms with Gasteiger partial charge in [-0.25, -0.2) is 0 Å². The molecule has 1 saturated carbocycles. The Balaban J connectivity index is 1.50. The fourth-order valence-corrected chi connectivity index (χ4v) is 6.32. The number of allylic oxidation sites excluding steroid dienone is 2. The number of aliphatic hydroxyl groups excluding tert-OH is 2. The summed E-state index contributed by atoms with van der Waals surface area (Å²) in [5, 5.41) is 33.4. The lowest BCUT2D eigenvalue weighted by Crippen LogP contribution is -2.47. The van der Waals surface area contributed by atoms with Crippen LogP contribution in [-0.4, -0.2) is 101 Å². The highest BCUT2D eigenvalue weighted by molar-refractivity contribution is 5.78. The van der Waals surface area contributed by atoms with E-state index >= 15 is 0 Å². The van der Waals surface area contributed by atoms with E-state index in [9.17, 15) is 29.9 Å². The molecule has 0 aromatic heterocycles. The average molecular weight is 611 g/mol. The average Bonchev–Trinajstić information content (AvgIpc) is 3.25. The van der Waals surface area contributed by atoms with E-state index in [1.807, 2.05) is 0 Å². The summed E-state index contributed by atoms with van der Waals surface area (Å²) in [7, 11) is 0. The quantitative estimate of drug-likeness (QED) is 0.0641. The minimum atomic E-state index is -0.745. The molecule has 0 aromatic carbocycles. The standard InChI is InChI=1S/C32H58N4O7/c1-2-3-4-5-8-13-27(37)16-17-29-28(30(38)26-31(29)39)14-9-6-7-10-15-32(40)33-18-11-19-34-21-23-35(24-22-34)20-12-25-43-36(41)42/h6,9,28-31,38-39H,2-5,7-8,10-26H2,1H3,(H,33,40)/t28-,29-,30+,31-/m1/s1. The van der Waals surface area contributed by atoms with Gasteiger partial charge in [0.05, 0.1) is 18.8 Å². The van der Waals surface area contributed by atoms with Gasteiger partial charge in [-0.05, 0) is 69.7 Å². The van der Waals surface area contributed by atoms with E-state index in [0.717, 1.165) is 71.4 Å². The summed E-state index contributed by atoms with van der Waals surface area (Å²) in [6.45, 7) is 8.55. The molecule has 2 fully saturated rings. The van der Waals surface area contributed by atoms with E-state index in [2.05, 4.69) is 39.0 Å². The molecule has 11 nitrogen and oxygen atoms in total. The zero-order valence-corrected chi connectivity index (χ0v) is 26.5. The van der Waals surface area contributed by atoms with E-state index in [0.29, 0.717) is 51.5 Å². The Morgan fingerprint density at radius 3 is 2.26 bits per heavy atom. The lowest BCUT2D eigenvalue weighted by molar-refractivity contribution is -0.757. The molecule has 248 valence electrons. The van der Waals surface area contributed by atoms with Gasteiger partial charge in [-0.2, -0.15) is 0 Å². The molecular weight excluding hydrogens is 552 g/mol. The number of carbonyl (C=O) groups excluding carboxylic acids is 2. The zero-order chi connectivity index (χ0) is 31.3. The van der Waals surface area contributed by atoms with Crippen molar-refractivity contribution < 1.29 is 29.7 Å². The van der Waals surface area contributed by atoms with Crippen molar-refractivity contribution in [2.45, 2.75) is 115 Å². The zero-order valence-electron chi connectivity index (χ0n) is 26.5. The summed E-state index contributed by atoms with van der Waals surface area (Å²) in [5.74, 6) is 0.277. The lowest BCUT2D eigenvalue weighted by Gasteiger charge is -2.34. The summed E-state index contributed by atoms with van der Waals surface area (Å²) in [5.41, 5.74) is 0.